The number of nitrogens with one attached hydrogen (secondary N) is 1. The van der Waals surface area contributed by atoms with Crippen molar-refractivity contribution in [1.82, 2.24) is 10.2 Å². The van der Waals surface area contributed by atoms with Crippen LogP contribution in [-0.4, -0.2) is 35.9 Å². The summed E-state index contributed by atoms with van der Waals surface area (Å²) < 4.78 is 5.59. The molecule has 0 radical (unpaired) electrons. The van der Waals surface area contributed by atoms with Crippen LogP contribution in [0.2, 0.25) is 5.02 Å². The second-order valence-electron chi connectivity index (χ2n) is 6.07. The van der Waals surface area contributed by atoms with Crippen molar-refractivity contribution >= 4 is 23.4 Å². The smallest absolute Gasteiger partial charge is 0.261 e. The van der Waals surface area contributed by atoms with Gasteiger partial charge in [-0.25, -0.2) is 0 Å². The lowest BCUT2D eigenvalue weighted by Gasteiger charge is -2.30. The summed E-state index contributed by atoms with van der Waals surface area (Å²) in [6, 6.07) is 15.9. The number of carbonyl (C=O) groups is 2. The van der Waals surface area contributed by atoms with Crippen LogP contribution in [-0.2, 0) is 16.1 Å². The standard InChI is InChI=1S/C21H25ClN2O3/c1-3-19(21(26)23-4-2)24(14-16-9-6-5-7-10-16)20(25)15-27-18-12-8-11-17(22)13-18/h5-13,19H,3-4,14-15H2,1-2H3,(H,23,26). The van der Waals surface area contributed by atoms with Gasteiger partial charge in [-0.1, -0.05) is 54.9 Å². The molecule has 2 amide bonds. The molecule has 0 aliphatic carbocycles. The molecule has 0 saturated carbocycles. The van der Waals surface area contributed by atoms with Gasteiger partial charge in [-0.2, -0.15) is 0 Å². The Kier molecular flexibility index (Phi) is 8.14. The Bertz CT molecular complexity index is 752. The summed E-state index contributed by atoms with van der Waals surface area (Å²) in [4.78, 5) is 26.9. The summed E-state index contributed by atoms with van der Waals surface area (Å²) in [5.41, 5.74) is 0.955. The lowest BCUT2D eigenvalue weighted by atomic mass is 10.1. The molecule has 0 spiro atoms. The van der Waals surface area contributed by atoms with Gasteiger partial charge in [-0.05, 0) is 37.1 Å². The Morgan fingerprint density at radius 1 is 1.11 bits per heavy atom. The van der Waals surface area contributed by atoms with Gasteiger partial charge < -0.3 is 15.0 Å². The zero-order valence-electron chi connectivity index (χ0n) is 15.7. The largest absolute Gasteiger partial charge is 0.484 e. The molecular weight excluding hydrogens is 364 g/mol. The minimum absolute atomic E-state index is 0.160. The molecule has 0 aromatic heterocycles. The Balaban J connectivity index is 2.16. The first-order valence-electron chi connectivity index (χ1n) is 9.04. The van der Waals surface area contributed by atoms with Crippen molar-refractivity contribution in [2.24, 2.45) is 0 Å². The van der Waals surface area contributed by atoms with Crippen LogP contribution in [0, 0.1) is 0 Å². The van der Waals surface area contributed by atoms with Crippen molar-refractivity contribution in [3.63, 3.8) is 0 Å². The molecule has 6 heteroatoms. The number of carbonyl (C=O) groups excluding carboxylic acids is 2. The van der Waals surface area contributed by atoms with E-state index in [2.05, 4.69) is 5.32 Å². The van der Waals surface area contributed by atoms with E-state index < -0.39 is 6.04 Å². The van der Waals surface area contributed by atoms with E-state index in [0.717, 1.165) is 5.56 Å². The summed E-state index contributed by atoms with van der Waals surface area (Å²) in [5, 5.41) is 3.34. The van der Waals surface area contributed by atoms with Gasteiger partial charge in [0.15, 0.2) is 6.61 Å². The Morgan fingerprint density at radius 2 is 1.85 bits per heavy atom. The van der Waals surface area contributed by atoms with Crippen LogP contribution in [0.5, 0.6) is 5.75 Å². The normalized spacial score (nSPS) is 11.5. The van der Waals surface area contributed by atoms with E-state index >= 15 is 0 Å². The highest BCUT2D eigenvalue weighted by atomic mass is 35.5. The maximum atomic E-state index is 12.9. The number of amides is 2. The third-order valence-corrected chi connectivity index (χ3v) is 4.33. The van der Waals surface area contributed by atoms with Crippen LogP contribution >= 0.6 is 11.6 Å². The summed E-state index contributed by atoms with van der Waals surface area (Å²) >= 11 is 5.95. The highest BCUT2D eigenvalue weighted by Gasteiger charge is 2.28. The van der Waals surface area contributed by atoms with Crippen molar-refractivity contribution in [2.75, 3.05) is 13.2 Å². The van der Waals surface area contributed by atoms with E-state index in [1.54, 1.807) is 29.2 Å². The van der Waals surface area contributed by atoms with Crippen molar-refractivity contribution in [3.8, 4) is 5.75 Å². The lowest BCUT2D eigenvalue weighted by Crippen LogP contribution is -2.50. The van der Waals surface area contributed by atoms with Crippen LogP contribution in [0.3, 0.4) is 0 Å². The Labute approximate surface area is 165 Å². The number of ether oxygens (including phenoxy) is 1. The van der Waals surface area contributed by atoms with E-state index in [1.165, 1.54) is 0 Å². The number of hydrogen-bond acceptors (Lipinski definition) is 3. The quantitative estimate of drug-likeness (QED) is 0.713. The number of rotatable bonds is 9. The summed E-state index contributed by atoms with van der Waals surface area (Å²) in [6.07, 6.45) is 0.515. The second-order valence-corrected chi connectivity index (χ2v) is 6.51. The molecule has 1 unspecified atom stereocenters. The van der Waals surface area contributed by atoms with Crippen LogP contribution in [0.1, 0.15) is 25.8 Å². The van der Waals surface area contributed by atoms with Gasteiger partial charge in [0.1, 0.15) is 11.8 Å². The topological polar surface area (TPSA) is 58.6 Å². The van der Waals surface area contributed by atoms with E-state index in [-0.39, 0.29) is 18.4 Å². The van der Waals surface area contributed by atoms with E-state index in [0.29, 0.717) is 30.3 Å². The predicted octanol–water partition coefficient (Wildman–Crippen LogP) is 3.66. The van der Waals surface area contributed by atoms with Crippen LogP contribution in [0.15, 0.2) is 54.6 Å². The minimum atomic E-state index is -0.555. The van der Waals surface area contributed by atoms with Crippen molar-refractivity contribution in [2.45, 2.75) is 32.9 Å². The number of halogens is 1. The second kappa shape index (κ2) is 10.6. The number of likely N-dealkylation sites (N-methyl/N-ethyl adjacent to an activating group) is 1. The fourth-order valence-electron chi connectivity index (χ4n) is 2.78. The molecule has 5 nitrogen and oxygen atoms in total. The Hall–Kier alpha value is -2.53. The van der Waals surface area contributed by atoms with Crippen LogP contribution in [0.4, 0.5) is 0 Å². The van der Waals surface area contributed by atoms with Crippen molar-refractivity contribution in [1.29, 1.82) is 0 Å². The SMILES string of the molecule is CCNC(=O)C(CC)N(Cc1ccccc1)C(=O)COc1cccc(Cl)c1. The number of hydrogen-bond donors (Lipinski definition) is 1. The number of benzene rings is 2. The fraction of sp³-hybridized carbons (Fsp3) is 0.333. The molecule has 144 valence electrons. The van der Waals surface area contributed by atoms with Crippen LogP contribution in [0.25, 0.3) is 0 Å². The van der Waals surface area contributed by atoms with Gasteiger partial charge in [0, 0.05) is 18.1 Å². The molecule has 1 N–H and O–H groups in total. The molecule has 0 bridgehead atoms. The minimum Gasteiger partial charge on any atom is -0.484 e. The van der Waals surface area contributed by atoms with E-state index in [4.69, 9.17) is 16.3 Å². The molecular formula is C21H25ClN2O3. The summed E-state index contributed by atoms with van der Waals surface area (Å²) in [7, 11) is 0. The molecule has 2 rings (SSSR count). The highest BCUT2D eigenvalue weighted by Crippen LogP contribution is 2.18. The molecule has 0 saturated heterocycles. The van der Waals surface area contributed by atoms with Gasteiger partial charge in [-0.3, -0.25) is 9.59 Å². The molecule has 2 aromatic rings. The zero-order chi connectivity index (χ0) is 19.6. The monoisotopic (exact) mass is 388 g/mol. The molecule has 0 aliphatic heterocycles. The van der Waals surface area contributed by atoms with Gasteiger partial charge in [0.05, 0.1) is 0 Å². The summed E-state index contributed by atoms with van der Waals surface area (Å²) in [5.74, 6) is 0.102. The molecule has 27 heavy (non-hydrogen) atoms. The third kappa shape index (κ3) is 6.29. The Morgan fingerprint density at radius 3 is 2.48 bits per heavy atom. The van der Waals surface area contributed by atoms with Gasteiger partial charge in [-0.15, -0.1) is 0 Å². The fourth-order valence-corrected chi connectivity index (χ4v) is 2.96. The molecule has 2 aromatic carbocycles. The lowest BCUT2D eigenvalue weighted by molar-refractivity contribution is -0.142. The number of nitrogens with zero attached hydrogens (tertiary/aromatic N) is 1. The third-order valence-electron chi connectivity index (χ3n) is 4.09. The maximum Gasteiger partial charge on any atom is 0.261 e. The molecule has 1 atom stereocenters. The van der Waals surface area contributed by atoms with Crippen molar-refractivity contribution < 1.29 is 14.3 Å². The summed E-state index contributed by atoms with van der Waals surface area (Å²) in [6.45, 7) is 4.44. The first kappa shape index (κ1) is 20.8. The van der Waals surface area contributed by atoms with E-state index in [9.17, 15) is 9.59 Å². The van der Waals surface area contributed by atoms with E-state index in [1.807, 2.05) is 44.2 Å². The molecule has 0 aliphatic rings. The van der Waals surface area contributed by atoms with Crippen LogP contribution < -0.4 is 10.1 Å². The molecule has 0 heterocycles. The predicted molar refractivity (Wildman–Crippen MR) is 107 cm³/mol. The van der Waals surface area contributed by atoms with Gasteiger partial charge in [0.2, 0.25) is 5.91 Å². The van der Waals surface area contributed by atoms with Crippen molar-refractivity contribution in [3.05, 3.63) is 65.2 Å². The maximum absolute atomic E-state index is 12.9. The first-order valence-corrected chi connectivity index (χ1v) is 9.42. The first-order chi connectivity index (χ1) is 13.0. The highest BCUT2D eigenvalue weighted by molar-refractivity contribution is 6.30. The average molecular weight is 389 g/mol. The van der Waals surface area contributed by atoms with Gasteiger partial charge in [0.25, 0.3) is 5.91 Å². The molecule has 0 fully saturated rings. The average Bonchev–Trinajstić information content (AvgIpc) is 2.67. The zero-order valence-corrected chi connectivity index (χ0v) is 16.4. The van der Waals surface area contributed by atoms with Gasteiger partial charge >= 0.3 is 0 Å².